The van der Waals surface area contributed by atoms with Gasteiger partial charge >= 0.3 is 18.9 Å². The van der Waals surface area contributed by atoms with Crippen molar-refractivity contribution in [1.82, 2.24) is 0 Å². The number of thiocarbonyl (C=S) groups is 1. The van der Waals surface area contributed by atoms with Gasteiger partial charge in [-0.05, 0) is 5.56 Å². The Bertz CT molecular complexity index is 440. The van der Waals surface area contributed by atoms with Gasteiger partial charge in [-0.3, -0.25) is 0 Å². The second-order valence-electron chi connectivity index (χ2n) is 2.98. The van der Waals surface area contributed by atoms with Crippen LogP contribution >= 0.6 is 24.0 Å². The smallest absolute Gasteiger partial charge is 0.176 e. The van der Waals surface area contributed by atoms with Crippen LogP contribution in [-0.4, -0.2) is 4.20 Å². The Labute approximate surface area is 118 Å². The molecule has 0 aliphatic carbocycles. The van der Waals surface area contributed by atoms with Crippen molar-refractivity contribution in [1.29, 1.82) is 0 Å². The van der Waals surface area contributed by atoms with E-state index in [1.54, 1.807) is 11.8 Å². The van der Waals surface area contributed by atoms with Crippen LogP contribution in [0.5, 0.6) is 0 Å². The van der Waals surface area contributed by atoms with E-state index in [9.17, 15) is 0 Å². The van der Waals surface area contributed by atoms with Crippen LogP contribution in [0.3, 0.4) is 0 Å². The van der Waals surface area contributed by atoms with Crippen LogP contribution in [0, 0.1) is 6.07 Å². The first-order chi connectivity index (χ1) is 7.36. The van der Waals surface area contributed by atoms with Crippen molar-refractivity contribution in [3.8, 4) is 0 Å². The maximum atomic E-state index is 5.35. The van der Waals surface area contributed by atoms with E-state index in [-0.39, 0.29) is 18.9 Å². The molecule has 0 saturated heterocycles. The third kappa shape index (κ3) is 3.81. The van der Waals surface area contributed by atoms with Gasteiger partial charge in [-0.15, -0.1) is 16.7 Å². The van der Waals surface area contributed by atoms with Crippen LogP contribution in [0.15, 0.2) is 59.5 Å². The first kappa shape index (κ1) is 13.5. The van der Waals surface area contributed by atoms with Gasteiger partial charge in [-0.25, -0.2) is 0 Å². The van der Waals surface area contributed by atoms with Crippen molar-refractivity contribution in [3.05, 3.63) is 66.2 Å². The van der Waals surface area contributed by atoms with Gasteiger partial charge in [0.05, 0.1) is 4.20 Å². The predicted molar refractivity (Wildman–Crippen MR) is 69.3 cm³/mol. The maximum absolute atomic E-state index is 5.35. The molecule has 16 heavy (non-hydrogen) atoms. The van der Waals surface area contributed by atoms with Gasteiger partial charge in [0.25, 0.3) is 0 Å². The van der Waals surface area contributed by atoms with Crippen LogP contribution < -0.4 is 18.9 Å². The van der Waals surface area contributed by atoms with Gasteiger partial charge in [-0.2, -0.15) is 30.3 Å². The molecule has 0 atom stereocenters. The summed E-state index contributed by atoms with van der Waals surface area (Å²) in [5.41, 5.74) is 1.09. The maximum Gasteiger partial charge on any atom is 1.00 e. The second-order valence-corrected chi connectivity index (χ2v) is 4.70. The number of rotatable bonds is 2. The Morgan fingerprint density at radius 1 is 1.00 bits per heavy atom. The Morgan fingerprint density at radius 3 is 2.31 bits per heavy atom. The Kier molecular flexibility index (Phi) is 5.87. The molecule has 0 radical (unpaired) electrons. The molecule has 0 N–H and O–H groups in total. The molecule has 74 valence electrons. The van der Waals surface area contributed by atoms with Gasteiger partial charge in [0.2, 0.25) is 0 Å². The summed E-state index contributed by atoms with van der Waals surface area (Å²) in [6.45, 7) is 0. The zero-order valence-electron chi connectivity index (χ0n) is 9.01. The van der Waals surface area contributed by atoms with Gasteiger partial charge in [0, 0.05) is 0 Å². The van der Waals surface area contributed by atoms with E-state index >= 15 is 0 Å². The molecule has 3 heteroatoms. The molecule has 0 aliphatic rings. The summed E-state index contributed by atoms with van der Waals surface area (Å²) >= 11 is 6.92. The number of hydrogen-bond donors (Lipinski definition) is 0. The Hall–Kier alpha value is -0.523. The van der Waals surface area contributed by atoms with Crippen molar-refractivity contribution in [3.63, 3.8) is 0 Å². The summed E-state index contributed by atoms with van der Waals surface area (Å²) in [5.74, 6) is 0. The fraction of sp³-hybridized carbons (Fsp3) is 0. The third-order valence-electron chi connectivity index (χ3n) is 1.89. The van der Waals surface area contributed by atoms with Crippen LogP contribution in [0.2, 0.25) is 0 Å². The first-order valence-corrected chi connectivity index (χ1v) is 5.83. The normalized spacial score (nSPS) is 9.25. The zero-order chi connectivity index (χ0) is 10.5. The summed E-state index contributed by atoms with van der Waals surface area (Å²) in [6.07, 6.45) is 0. The van der Waals surface area contributed by atoms with Gasteiger partial charge in [0.1, 0.15) is 0 Å². The quantitative estimate of drug-likeness (QED) is 0.330. The number of benzene rings is 2. The molecular weight excluding hydrogens is 227 g/mol. The van der Waals surface area contributed by atoms with Gasteiger partial charge < -0.3 is 0 Å². The van der Waals surface area contributed by atoms with E-state index in [1.807, 2.05) is 54.6 Å². The largest absolute Gasteiger partial charge is 1.00 e. The van der Waals surface area contributed by atoms with Crippen LogP contribution in [0.1, 0.15) is 5.56 Å². The van der Waals surface area contributed by atoms with Crippen molar-refractivity contribution >= 4 is 28.2 Å². The summed E-state index contributed by atoms with van der Waals surface area (Å²) in [7, 11) is 0. The van der Waals surface area contributed by atoms with E-state index in [4.69, 9.17) is 12.2 Å². The van der Waals surface area contributed by atoms with E-state index in [0.29, 0.717) is 0 Å². The molecule has 0 bridgehead atoms. The fourth-order valence-electron chi connectivity index (χ4n) is 1.17. The van der Waals surface area contributed by atoms with Gasteiger partial charge in [0.15, 0.2) is 0 Å². The van der Waals surface area contributed by atoms with E-state index in [1.165, 1.54) is 0 Å². The van der Waals surface area contributed by atoms with E-state index in [0.717, 1.165) is 14.7 Å². The number of hydrogen-bond acceptors (Lipinski definition) is 2. The minimum Gasteiger partial charge on any atom is -0.176 e. The van der Waals surface area contributed by atoms with Gasteiger partial charge in [-0.1, -0.05) is 42.5 Å². The fourth-order valence-corrected chi connectivity index (χ4v) is 2.31. The topological polar surface area (TPSA) is 0 Å². The molecule has 0 heterocycles. The standard InChI is InChI=1S/C13H9S2.Li/c14-13(11-7-3-1-4-8-11)15-12-9-5-2-6-10-12;/h1-9H;/q-1;+1. The van der Waals surface area contributed by atoms with Crippen molar-refractivity contribution in [2.75, 3.05) is 0 Å². The molecule has 0 saturated carbocycles. The summed E-state index contributed by atoms with van der Waals surface area (Å²) < 4.78 is 0.887. The van der Waals surface area contributed by atoms with Crippen molar-refractivity contribution in [2.24, 2.45) is 0 Å². The average Bonchev–Trinajstić information content (AvgIpc) is 2.31. The molecule has 0 nitrogen and oxygen atoms in total. The van der Waals surface area contributed by atoms with E-state index < -0.39 is 0 Å². The second kappa shape index (κ2) is 6.93. The monoisotopic (exact) mass is 236 g/mol. The van der Waals surface area contributed by atoms with E-state index in [2.05, 4.69) is 6.07 Å². The summed E-state index contributed by atoms with van der Waals surface area (Å²) in [5, 5.41) is 0. The molecule has 0 amide bonds. The Balaban J connectivity index is 0.00000128. The summed E-state index contributed by atoms with van der Waals surface area (Å²) in [4.78, 5) is 1.06. The minimum absolute atomic E-state index is 0. The van der Waals surface area contributed by atoms with Crippen molar-refractivity contribution in [2.45, 2.75) is 4.90 Å². The van der Waals surface area contributed by atoms with Crippen LogP contribution in [0.4, 0.5) is 0 Å². The molecule has 2 aromatic rings. The third-order valence-corrected chi connectivity index (χ3v) is 3.27. The van der Waals surface area contributed by atoms with Crippen LogP contribution in [0.25, 0.3) is 0 Å². The first-order valence-electron chi connectivity index (χ1n) is 4.60. The van der Waals surface area contributed by atoms with Crippen LogP contribution in [-0.2, 0) is 0 Å². The average molecular weight is 236 g/mol. The molecule has 0 aliphatic heterocycles. The molecule has 0 spiro atoms. The molecule has 0 aromatic heterocycles. The molecular formula is C13H9LiS2. The molecule has 0 unspecified atom stereocenters. The predicted octanol–water partition coefficient (Wildman–Crippen LogP) is 0.959. The molecule has 0 fully saturated rings. The summed E-state index contributed by atoms with van der Waals surface area (Å²) in [6, 6.07) is 21.0. The zero-order valence-corrected chi connectivity index (χ0v) is 10.6. The number of thioether (sulfide) groups is 1. The SMILES string of the molecule is S=C(Sc1[c-]cccc1)c1ccccc1.[Li+]. The Morgan fingerprint density at radius 2 is 1.69 bits per heavy atom. The molecule has 2 rings (SSSR count). The minimum atomic E-state index is 0. The molecule has 2 aromatic carbocycles. The van der Waals surface area contributed by atoms with Crippen molar-refractivity contribution < 1.29 is 18.9 Å².